The first-order valence-electron chi connectivity index (χ1n) is 8.34. The van der Waals surface area contributed by atoms with Crippen molar-refractivity contribution in [1.82, 2.24) is 10.3 Å². The van der Waals surface area contributed by atoms with Gasteiger partial charge in [0.1, 0.15) is 11.5 Å². The molecule has 2 aromatic rings. The second-order valence-electron chi connectivity index (χ2n) is 4.44. The molecule has 1 aromatic heterocycles. The molecule has 1 aliphatic rings. The van der Waals surface area contributed by atoms with Gasteiger partial charge in [0.15, 0.2) is 0 Å². The molecule has 10 nitrogen and oxygen atoms in total. The highest BCUT2D eigenvalue weighted by Crippen LogP contribution is 2.24. The number of nitro groups is 1. The number of carbonyl (C=O) groups excluding carboxylic acids is 2. The number of aliphatic hydroxyl groups excluding tert-OH is 1. The molecule has 2 N–H and O–H groups in total. The van der Waals surface area contributed by atoms with E-state index in [1.165, 1.54) is 12.1 Å². The first-order chi connectivity index (χ1) is 13.1. The van der Waals surface area contributed by atoms with Gasteiger partial charge in [-0.2, -0.15) is 10.1 Å². The Bertz CT molecular complexity index is 1020. The first kappa shape index (κ1) is 11.1. The summed E-state index contributed by atoms with van der Waals surface area (Å²) in [5, 5.41) is 26.4. The molecule has 1 fully saturated rings. The van der Waals surface area contributed by atoms with Crippen molar-refractivity contribution in [2.75, 3.05) is 0 Å². The van der Waals surface area contributed by atoms with Gasteiger partial charge in [-0.15, -0.1) is 0 Å². The van der Waals surface area contributed by atoms with Crippen molar-refractivity contribution in [2.24, 2.45) is 5.10 Å². The minimum absolute atomic E-state index is 0.00966. The maximum absolute atomic E-state index is 11.4. The van der Waals surface area contributed by atoms with Gasteiger partial charge in [-0.3, -0.25) is 20.2 Å². The minimum atomic E-state index is -1.80. The van der Waals surface area contributed by atoms with Crippen molar-refractivity contribution in [3.63, 3.8) is 0 Å². The molecule has 1 aliphatic heterocycles. The predicted octanol–water partition coefficient (Wildman–Crippen LogP) is 1.06. The molecule has 3 amide bonds. The predicted molar refractivity (Wildman–Crippen MR) is 79.8 cm³/mol. The number of nitro benzene ring substituents is 1. The summed E-state index contributed by atoms with van der Waals surface area (Å²) >= 11 is 0. The summed E-state index contributed by atoms with van der Waals surface area (Å²) in [7, 11) is 0. The van der Waals surface area contributed by atoms with Gasteiger partial charge in [0.25, 0.3) is 11.6 Å². The van der Waals surface area contributed by atoms with Crippen molar-refractivity contribution in [1.29, 1.82) is 0 Å². The average Bonchev–Trinajstić information content (AvgIpc) is 3.17. The summed E-state index contributed by atoms with van der Waals surface area (Å²) in [4.78, 5) is 32.6. The third kappa shape index (κ3) is 2.85. The van der Waals surface area contributed by atoms with E-state index in [1.54, 1.807) is 0 Å². The fourth-order valence-corrected chi connectivity index (χ4v) is 1.76. The minimum Gasteiger partial charge on any atom is -0.455 e. The zero-order valence-corrected chi connectivity index (χ0v) is 11.6. The molecule has 24 heavy (non-hydrogen) atoms. The van der Waals surface area contributed by atoms with Crippen molar-refractivity contribution in [3.05, 3.63) is 52.2 Å². The SMILES string of the molecule is [2H]c1c([2H])c([N+](=O)[O-])c([2H])c([2H])c1-c1ccc(/C=N/N2C(=O)NC(=O)C2O)o1. The van der Waals surface area contributed by atoms with Crippen LogP contribution in [0.4, 0.5) is 10.5 Å². The van der Waals surface area contributed by atoms with Crippen LogP contribution in [0.5, 0.6) is 0 Å². The molecule has 122 valence electrons. The normalized spacial score (nSPS) is 19.9. The molecular weight excluding hydrogens is 320 g/mol. The number of furan rings is 1. The summed E-state index contributed by atoms with van der Waals surface area (Å²) in [6.45, 7) is 0. The first-order valence-corrected chi connectivity index (χ1v) is 6.34. The van der Waals surface area contributed by atoms with E-state index in [0.717, 1.165) is 6.21 Å². The number of aliphatic hydroxyl groups is 1. The topological polar surface area (TPSA) is 138 Å². The van der Waals surface area contributed by atoms with Crippen LogP contribution in [0, 0.1) is 10.1 Å². The van der Waals surface area contributed by atoms with Gasteiger partial charge in [0, 0.05) is 17.6 Å². The van der Waals surface area contributed by atoms with Crippen LogP contribution in [0.15, 0.2) is 45.8 Å². The third-order valence-corrected chi connectivity index (χ3v) is 2.88. The molecule has 1 saturated heterocycles. The average molecular weight is 334 g/mol. The number of amides is 3. The number of benzene rings is 1. The van der Waals surface area contributed by atoms with E-state index in [9.17, 15) is 24.8 Å². The van der Waals surface area contributed by atoms with Crippen LogP contribution >= 0.6 is 0 Å². The summed E-state index contributed by atoms with van der Waals surface area (Å²) in [6, 6.07) is -1.34. The Labute approximate surface area is 139 Å². The number of nitrogens with zero attached hydrogens (tertiary/aromatic N) is 3. The Morgan fingerprint density at radius 2 is 2.08 bits per heavy atom. The number of carbonyl (C=O) groups is 2. The maximum atomic E-state index is 11.4. The molecule has 0 saturated carbocycles. The molecule has 10 heteroatoms. The second kappa shape index (κ2) is 5.93. The van der Waals surface area contributed by atoms with Crippen molar-refractivity contribution < 1.29 is 29.5 Å². The molecule has 0 spiro atoms. The van der Waals surface area contributed by atoms with Gasteiger partial charge in [0.2, 0.25) is 6.23 Å². The molecule has 1 aromatic carbocycles. The Morgan fingerprint density at radius 3 is 2.67 bits per heavy atom. The van der Waals surface area contributed by atoms with Crippen molar-refractivity contribution >= 4 is 23.8 Å². The van der Waals surface area contributed by atoms with Gasteiger partial charge < -0.3 is 9.52 Å². The zero-order valence-electron chi connectivity index (χ0n) is 15.6. The zero-order chi connectivity index (χ0) is 20.7. The fourth-order valence-electron chi connectivity index (χ4n) is 1.76. The Balaban J connectivity index is 1.97. The monoisotopic (exact) mass is 334 g/mol. The van der Waals surface area contributed by atoms with Gasteiger partial charge in [-0.05, 0) is 24.2 Å². The van der Waals surface area contributed by atoms with Crippen LogP contribution in [0.25, 0.3) is 11.3 Å². The van der Waals surface area contributed by atoms with Gasteiger partial charge in [-0.1, -0.05) is 0 Å². The van der Waals surface area contributed by atoms with E-state index in [1.807, 2.05) is 5.32 Å². The van der Waals surface area contributed by atoms with Gasteiger partial charge in [0.05, 0.1) is 16.6 Å². The van der Waals surface area contributed by atoms with Crippen LogP contribution in [0.3, 0.4) is 0 Å². The highest BCUT2D eigenvalue weighted by Gasteiger charge is 2.37. The van der Waals surface area contributed by atoms with E-state index in [4.69, 9.17) is 9.90 Å². The van der Waals surface area contributed by atoms with E-state index in [0.29, 0.717) is 5.01 Å². The highest BCUT2D eigenvalue weighted by molar-refractivity contribution is 6.03. The number of hydrogen-bond acceptors (Lipinski definition) is 7. The van der Waals surface area contributed by atoms with Crippen molar-refractivity contribution in [2.45, 2.75) is 6.23 Å². The molecule has 1 unspecified atom stereocenters. The van der Waals surface area contributed by atoms with Crippen LogP contribution in [0.2, 0.25) is 0 Å². The number of imide groups is 1. The summed E-state index contributed by atoms with van der Waals surface area (Å²) < 4.78 is 36.6. The van der Waals surface area contributed by atoms with Crippen LogP contribution < -0.4 is 5.32 Å². The molecule has 2 heterocycles. The second-order valence-corrected chi connectivity index (χ2v) is 4.44. The van der Waals surface area contributed by atoms with Crippen LogP contribution in [-0.2, 0) is 4.79 Å². The molecule has 1 atom stereocenters. The highest BCUT2D eigenvalue weighted by atomic mass is 16.6. The summed E-state index contributed by atoms with van der Waals surface area (Å²) in [5.41, 5.74) is -1.25. The van der Waals surface area contributed by atoms with E-state index in [-0.39, 0.29) is 17.1 Å². The summed E-state index contributed by atoms with van der Waals surface area (Å²) in [5.74, 6) is -1.09. The number of hydrazone groups is 1. The van der Waals surface area contributed by atoms with Crippen LogP contribution in [-0.4, -0.2) is 39.4 Å². The third-order valence-electron chi connectivity index (χ3n) is 2.88. The number of hydrogen-bond donors (Lipinski definition) is 2. The van der Waals surface area contributed by atoms with E-state index >= 15 is 0 Å². The lowest BCUT2D eigenvalue weighted by atomic mass is 10.1. The Morgan fingerprint density at radius 1 is 1.38 bits per heavy atom. The standard InChI is InChI=1S/C14H10N4O6/c19-12-13(20)17(14(21)16-12)15-7-10-5-6-11(24-10)8-1-3-9(4-2-8)18(22)23/h1-7,13,20H,(H,16,19,21)/b15-7+/i1D,2D,3D,4D. The van der Waals surface area contributed by atoms with E-state index in [2.05, 4.69) is 5.10 Å². The Kier molecular flexibility index (Phi) is 2.74. The van der Waals surface area contributed by atoms with E-state index < -0.39 is 52.9 Å². The number of nitrogens with one attached hydrogen (secondary N) is 1. The van der Waals surface area contributed by atoms with Gasteiger partial charge in [-0.25, -0.2) is 4.79 Å². The quantitative estimate of drug-likeness (QED) is 0.371. The maximum Gasteiger partial charge on any atom is 0.347 e. The lowest BCUT2D eigenvalue weighted by Gasteiger charge is -2.08. The molecular formula is C14H10N4O6. The number of rotatable bonds is 4. The molecule has 3 rings (SSSR count). The molecule has 0 radical (unpaired) electrons. The van der Waals surface area contributed by atoms with Crippen LogP contribution in [0.1, 0.15) is 11.2 Å². The lowest BCUT2D eigenvalue weighted by molar-refractivity contribution is -0.384. The lowest BCUT2D eigenvalue weighted by Crippen LogP contribution is -2.30. The smallest absolute Gasteiger partial charge is 0.347 e. The Hall–Kier alpha value is -3.53. The molecule has 0 aliphatic carbocycles. The number of urea groups is 1. The molecule has 0 bridgehead atoms. The fraction of sp³-hybridized carbons (Fsp3) is 0.0714. The largest absolute Gasteiger partial charge is 0.455 e. The van der Waals surface area contributed by atoms with Gasteiger partial charge >= 0.3 is 6.03 Å². The van der Waals surface area contributed by atoms with Crippen molar-refractivity contribution in [3.8, 4) is 11.3 Å². The summed E-state index contributed by atoms with van der Waals surface area (Å²) in [6.07, 6.45) is -0.823.